The van der Waals surface area contributed by atoms with Gasteiger partial charge < -0.3 is 20.1 Å². The number of nitrogens with one attached hydrogen (secondary N) is 3. The highest BCUT2D eigenvalue weighted by atomic mass is 79.9. The van der Waals surface area contributed by atoms with E-state index in [-0.39, 0.29) is 17.8 Å². The molecule has 3 rings (SSSR count). The largest absolute Gasteiger partial charge is 0.472 e. The van der Waals surface area contributed by atoms with Crippen LogP contribution in [-0.2, 0) is 14.3 Å². The van der Waals surface area contributed by atoms with Crippen LogP contribution in [0, 0.1) is 5.92 Å². The molecule has 1 aromatic rings. The van der Waals surface area contributed by atoms with Gasteiger partial charge in [-0.3, -0.25) is 9.59 Å². The number of nitrogens with zero attached hydrogens (tertiary/aromatic N) is 2. The Hall–Kier alpha value is -2.83. The number of amides is 3. The van der Waals surface area contributed by atoms with E-state index in [1.54, 1.807) is 0 Å². The predicted molar refractivity (Wildman–Crippen MR) is 121 cm³/mol. The van der Waals surface area contributed by atoms with Crippen LogP contribution in [0.5, 0.6) is 5.88 Å². The quantitative estimate of drug-likeness (QED) is 0.451. The van der Waals surface area contributed by atoms with Crippen molar-refractivity contribution in [1.82, 2.24) is 21.0 Å². The fourth-order valence-electron chi connectivity index (χ4n) is 4.27. The van der Waals surface area contributed by atoms with Crippen LogP contribution in [0.3, 0.4) is 0 Å². The van der Waals surface area contributed by atoms with Gasteiger partial charge in [-0.1, -0.05) is 0 Å². The molecule has 2 aliphatic rings. The van der Waals surface area contributed by atoms with Crippen LogP contribution >= 0.6 is 15.9 Å². The van der Waals surface area contributed by atoms with Gasteiger partial charge in [0.2, 0.25) is 5.88 Å². The molecule has 0 bridgehead atoms. The number of hydrazone groups is 1. The summed E-state index contributed by atoms with van der Waals surface area (Å²) in [5.74, 6) is -1.15. The molecule has 10 nitrogen and oxygen atoms in total. The van der Waals surface area contributed by atoms with E-state index in [4.69, 9.17) is 9.47 Å². The molecule has 1 atom stereocenters. The topological polar surface area (TPSA) is 131 Å². The van der Waals surface area contributed by atoms with E-state index in [9.17, 15) is 23.2 Å². The molecule has 0 aromatic carbocycles. The first-order valence-corrected chi connectivity index (χ1v) is 11.6. The van der Waals surface area contributed by atoms with Crippen LogP contribution in [0.4, 0.5) is 13.6 Å². The van der Waals surface area contributed by atoms with Crippen LogP contribution in [0.1, 0.15) is 44.6 Å². The van der Waals surface area contributed by atoms with Crippen molar-refractivity contribution in [3.05, 3.63) is 22.3 Å². The molecular formula is C21H26BrF2N5O5. The molecule has 3 amide bonds. The third-order valence-corrected chi connectivity index (χ3v) is 6.46. The number of hydrogen-bond acceptors (Lipinski definition) is 7. The Balaban J connectivity index is 1.72. The molecule has 3 N–H and O–H groups in total. The maximum Gasteiger partial charge on any atom is 0.428 e. The lowest BCUT2D eigenvalue weighted by molar-refractivity contribution is -0.139. The van der Waals surface area contributed by atoms with Crippen LogP contribution in [0.15, 0.2) is 21.8 Å². The van der Waals surface area contributed by atoms with E-state index in [2.05, 4.69) is 42.1 Å². The Bertz CT molecular complexity index is 969. The lowest BCUT2D eigenvalue weighted by Gasteiger charge is -2.42. The molecule has 1 aromatic heterocycles. The lowest BCUT2D eigenvalue weighted by Crippen LogP contribution is -2.52. The summed E-state index contributed by atoms with van der Waals surface area (Å²) >= 11 is 3.41. The maximum absolute atomic E-state index is 12.5. The predicted octanol–water partition coefficient (Wildman–Crippen LogP) is 2.50. The number of rotatable bonds is 7. The van der Waals surface area contributed by atoms with Crippen molar-refractivity contribution in [1.29, 1.82) is 0 Å². The minimum absolute atomic E-state index is 0.00242. The number of pyridine rings is 1. The van der Waals surface area contributed by atoms with E-state index in [0.29, 0.717) is 47.9 Å². The maximum atomic E-state index is 12.5. The van der Waals surface area contributed by atoms with Gasteiger partial charge in [0, 0.05) is 35.4 Å². The Labute approximate surface area is 203 Å². The SMILES string of the molecule is CNC(=O)C(=O)N[C@@H](C)CC1CCC2(CC1)OC(=O)NN=C2c1cc(OCC(F)F)ncc1Br. The highest BCUT2D eigenvalue weighted by Gasteiger charge is 2.47. The van der Waals surface area contributed by atoms with Crippen molar-refractivity contribution >= 4 is 39.5 Å². The molecule has 1 spiro atoms. The summed E-state index contributed by atoms with van der Waals surface area (Å²) < 4.78 is 36.4. The number of aromatic nitrogens is 1. The molecule has 1 aliphatic carbocycles. The van der Waals surface area contributed by atoms with E-state index in [1.807, 2.05) is 6.92 Å². The zero-order valence-electron chi connectivity index (χ0n) is 18.7. The molecule has 2 heterocycles. The normalized spacial score (nSPS) is 22.9. The van der Waals surface area contributed by atoms with E-state index < -0.39 is 36.5 Å². The van der Waals surface area contributed by atoms with Crippen molar-refractivity contribution in [3.63, 3.8) is 0 Å². The number of likely N-dealkylation sites (N-methyl/N-ethyl adjacent to an activating group) is 1. The molecule has 1 aliphatic heterocycles. The van der Waals surface area contributed by atoms with E-state index >= 15 is 0 Å². The number of carbonyl (C=O) groups is 3. The second-order valence-electron chi connectivity index (χ2n) is 8.29. The molecule has 1 saturated carbocycles. The fourth-order valence-corrected chi connectivity index (χ4v) is 4.67. The van der Waals surface area contributed by atoms with Crippen LogP contribution in [0.2, 0.25) is 0 Å². The average Bonchev–Trinajstić information content (AvgIpc) is 2.80. The molecule has 1 fully saturated rings. The smallest absolute Gasteiger partial charge is 0.428 e. The van der Waals surface area contributed by atoms with Crippen LogP contribution < -0.4 is 20.8 Å². The summed E-state index contributed by atoms with van der Waals surface area (Å²) in [6.07, 6.45) is 1.08. The monoisotopic (exact) mass is 545 g/mol. The molecule has 0 unspecified atom stereocenters. The zero-order valence-corrected chi connectivity index (χ0v) is 20.3. The molecular weight excluding hydrogens is 520 g/mol. The highest BCUT2D eigenvalue weighted by molar-refractivity contribution is 9.10. The summed E-state index contributed by atoms with van der Waals surface area (Å²) in [5, 5.41) is 9.20. The van der Waals surface area contributed by atoms with E-state index in [1.165, 1.54) is 19.3 Å². The second kappa shape index (κ2) is 11.1. The summed E-state index contributed by atoms with van der Waals surface area (Å²) in [7, 11) is 1.39. The molecule has 0 saturated heterocycles. The molecule has 0 radical (unpaired) electrons. The molecule has 13 heteroatoms. The lowest BCUT2D eigenvalue weighted by atomic mass is 9.73. The highest BCUT2D eigenvalue weighted by Crippen LogP contribution is 2.41. The van der Waals surface area contributed by atoms with Gasteiger partial charge in [0.1, 0.15) is 5.71 Å². The van der Waals surface area contributed by atoms with Crippen LogP contribution in [-0.4, -0.2) is 60.3 Å². The number of ether oxygens (including phenoxy) is 2. The van der Waals surface area contributed by atoms with Crippen molar-refractivity contribution in [2.45, 2.75) is 57.1 Å². The molecule has 186 valence electrons. The minimum atomic E-state index is -2.64. The third kappa shape index (κ3) is 6.19. The Morgan fingerprint density at radius 2 is 2.06 bits per heavy atom. The first-order valence-electron chi connectivity index (χ1n) is 10.8. The van der Waals surface area contributed by atoms with Crippen molar-refractivity contribution in [2.24, 2.45) is 11.0 Å². The van der Waals surface area contributed by atoms with Gasteiger partial charge in [0.25, 0.3) is 6.43 Å². The number of carbonyl (C=O) groups excluding carboxylic acids is 3. The van der Waals surface area contributed by atoms with Gasteiger partial charge in [0.15, 0.2) is 12.2 Å². The minimum Gasteiger partial charge on any atom is -0.472 e. The van der Waals surface area contributed by atoms with Gasteiger partial charge >= 0.3 is 17.9 Å². The first kappa shape index (κ1) is 25.8. The number of alkyl halides is 2. The standard InChI is InChI=1S/C21H26BrF2N5O5/c1-11(27-19(31)18(30)25-2)7-12-3-5-21(6-4-12)17(28-29-20(32)34-21)13-8-16(26-9-14(13)22)33-10-15(23)24/h8-9,11-12,15H,3-7,10H2,1-2H3,(H,25,30)(H,27,31)(H,29,32)/t11-,12?,21?/m0/s1. The number of halogens is 3. The molecule has 34 heavy (non-hydrogen) atoms. The van der Waals surface area contributed by atoms with Gasteiger partial charge in [-0.15, -0.1) is 0 Å². The summed E-state index contributed by atoms with van der Waals surface area (Å²) in [6, 6.07) is 1.27. The van der Waals surface area contributed by atoms with E-state index in [0.717, 1.165) is 0 Å². The van der Waals surface area contributed by atoms with Gasteiger partial charge in [-0.05, 0) is 60.9 Å². The summed E-state index contributed by atoms with van der Waals surface area (Å²) in [5.41, 5.74) is 2.28. The Morgan fingerprint density at radius 1 is 1.35 bits per heavy atom. The fraction of sp³-hybridized carbons (Fsp3) is 0.571. The first-order chi connectivity index (χ1) is 16.1. The van der Waals surface area contributed by atoms with Gasteiger partial charge in [0.05, 0.1) is 0 Å². The van der Waals surface area contributed by atoms with Gasteiger partial charge in [-0.25, -0.2) is 24.0 Å². The number of hydrogen-bond donors (Lipinski definition) is 3. The van der Waals surface area contributed by atoms with Crippen molar-refractivity contribution < 1.29 is 32.6 Å². The van der Waals surface area contributed by atoms with Crippen molar-refractivity contribution in [2.75, 3.05) is 13.7 Å². The summed E-state index contributed by atoms with van der Waals surface area (Å²) in [6.45, 7) is 1.03. The Morgan fingerprint density at radius 3 is 2.71 bits per heavy atom. The Kier molecular flexibility index (Phi) is 8.39. The van der Waals surface area contributed by atoms with Gasteiger partial charge in [-0.2, -0.15) is 5.10 Å². The van der Waals surface area contributed by atoms with Crippen molar-refractivity contribution in [3.8, 4) is 5.88 Å². The van der Waals surface area contributed by atoms with Crippen LogP contribution in [0.25, 0.3) is 0 Å². The zero-order chi connectivity index (χ0) is 24.9. The summed E-state index contributed by atoms with van der Waals surface area (Å²) in [4.78, 5) is 39.3. The average molecular weight is 546 g/mol. The third-order valence-electron chi connectivity index (χ3n) is 5.83. The second-order valence-corrected chi connectivity index (χ2v) is 9.15.